The number of amides is 1. The van der Waals surface area contributed by atoms with Crippen molar-refractivity contribution in [2.45, 2.75) is 38.6 Å². The van der Waals surface area contributed by atoms with Crippen LogP contribution in [0.15, 0.2) is 53.4 Å². The van der Waals surface area contributed by atoms with E-state index in [2.05, 4.69) is 36.5 Å². The molecule has 0 aliphatic heterocycles. The molecule has 0 atom stereocenters. The van der Waals surface area contributed by atoms with Crippen molar-refractivity contribution in [3.8, 4) is 0 Å². The van der Waals surface area contributed by atoms with Gasteiger partial charge >= 0.3 is 0 Å². The summed E-state index contributed by atoms with van der Waals surface area (Å²) < 4.78 is 26.7. The molecule has 1 N–H and O–H groups in total. The first-order chi connectivity index (χ1) is 13.8. The second kappa shape index (κ2) is 10.5. The van der Waals surface area contributed by atoms with Crippen LogP contribution in [0.3, 0.4) is 0 Å². The van der Waals surface area contributed by atoms with Crippen LogP contribution in [0, 0.1) is 0 Å². The minimum atomic E-state index is -3.56. The van der Waals surface area contributed by atoms with Crippen LogP contribution in [0.1, 0.15) is 31.9 Å². The second-order valence-electron chi connectivity index (χ2n) is 7.01. The Kier molecular flexibility index (Phi) is 8.37. The number of hydrogen-bond donors (Lipinski definition) is 1. The van der Waals surface area contributed by atoms with Gasteiger partial charge in [0.2, 0.25) is 15.9 Å². The molecule has 29 heavy (non-hydrogen) atoms. The molecular formula is C22H31N3O3S. The Bertz CT molecular complexity index is 907. The maximum atomic E-state index is 12.7. The second-order valence-corrected chi connectivity index (χ2v) is 8.95. The Morgan fingerprint density at radius 2 is 1.59 bits per heavy atom. The van der Waals surface area contributed by atoms with Crippen molar-refractivity contribution in [1.29, 1.82) is 0 Å². The summed E-state index contributed by atoms with van der Waals surface area (Å²) in [5.74, 6) is -0.185. The quantitative estimate of drug-likeness (QED) is 0.644. The van der Waals surface area contributed by atoms with Crippen LogP contribution in [0.25, 0.3) is 0 Å². The number of rotatable bonds is 10. The summed E-state index contributed by atoms with van der Waals surface area (Å²) in [6.45, 7) is 7.40. The van der Waals surface area contributed by atoms with Gasteiger partial charge in [0.25, 0.3) is 0 Å². The van der Waals surface area contributed by atoms with Crippen LogP contribution in [0.5, 0.6) is 0 Å². The van der Waals surface area contributed by atoms with E-state index in [0.717, 1.165) is 12.0 Å². The number of carbonyl (C=O) groups is 1. The topological polar surface area (TPSA) is 69.7 Å². The standard InChI is InChI=1S/C22H31N3O3S/c1-5-18-11-13-19(14-12-18)16-24(4)17-22(26)23-20-9-8-10-21(15-20)29(27,28)25(6-2)7-3/h8-15H,5-7,16-17H2,1-4H3,(H,23,26). The summed E-state index contributed by atoms with van der Waals surface area (Å²) in [6, 6.07) is 14.8. The van der Waals surface area contributed by atoms with Crippen molar-refractivity contribution in [3.63, 3.8) is 0 Å². The van der Waals surface area contributed by atoms with Crippen LogP contribution in [0.4, 0.5) is 5.69 Å². The molecule has 0 saturated heterocycles. The summed E-state index contributed by atoms with van der Waals surface area (Å²) in [5.41, 5.74) is 2.91. The molecule has 0 bridgehead atoms. The first-order valence-electron chi connectivity index (χ1n) is 9.96. The molecule has 6 nitrogen and oxygen atoms in total. The maximum absolute atomic E-state index is 12.7. The summed E-state index contributed by atoms with van der Waals surface area (Å²) in [6.07, 6.45) is 1.00. The van der Waals surface area contributed by atoms with Crippen molar-refractivity contribution in [2.75, 3.05) is 32.0 Å². The number of nitrogens with one attached hydrogen (secondary N) is 1. The average molecular weight is 418 g/mol. The van der Waals surface area contributed by atoms with Crippen molar-refractivity contribution in [3.05, 3.63) is 59.7 Å². The molecule has 0 radical (unpaired) electrons. The third-order valence-corrected chi connectivity index (χ3v) is 6.80. The molecule has 0 spiro atoms. The van der Waals surface area contributed by atoms with Gasteiger partial charge in [-0.3, -0.25) is 9.69 Å². The molecule has 0 aromatic heterocycles. The number of likely N-dealkylation sites (N-methyl/N-ethyl adjacent to an activating group) is 1. The zero-order chi connectivity index (χ0) is 21.4. The monoisotopic (exact) mass is 417 g/mol. The molecule has 7 heteroatoms. The minimum Gasteiger partial charge on any atom is -0.325 e. The number of nitrogens with zero attached hydrogens (tertiary/aromatic N) is 2. The molecule has 0 unspecified atom stereocenters. The normalized spacial score (nSPS) is 11.8. The van der Waals surface area contributed by atoms with Crippen molar-refractivity contribution in [1.82, 2.24) is 9.21 Å². The van der Waals surface area contributed by atoms with Gasteiger partial charge in [-0.25, -0.2) is 8.42 Å². The lowest BCUT2D eigenvalue weighted by molar-refractivity contribution is -0.117. The van der Waals surface area contributed by atoms with E-state index in [0.29, 0.717) is 25.3 Å². The van der Waals surface area contributed by atoms with E-state index in [-0.39, 0.29) is 17.3 Å². The first kappa shape index (κ1) is 23.1. The minimum absolute atomic E-state index is 0.184. The van der Waals surface area contributed by atoms with Gasteiger partial charge in [0.15, 0.2) is 0 Å². The molecule has 0 aliphatic carbocycles. The number of carbonyl (C=O) groups excluding carboxylic acids is 1. The van der Waals surface area contributed by atoms with Gasteiger partial charge < -0.3 is 5.32 Å². The van der Waals surface area contributed by atoms with Crippen LogP contribution in [-0.4, -0.2) is 50.2 Å². The highest BCUT2D eigenvalue weighted by atomic mass is 32.2. The molecule has 0 fully saturated rings. The van der Waals surface area contributed by atoms with Gasteiger partial charge in [0.1, 0.15) is 0 Å². The summed E-state index contributed by atoms with van der Waals surface area (Å²) in [4.78, 5) is 14.5. The molecule has 2 rings (SSSR count). The van der Waals surface area contributed by atoms with Gasteiger partial charge in [-0.15, -0.1) is 0 Å². The van der Waals surface area contributed by atoms with Crippen LogP contribution >= 0.6 is 0 Å². The zero-order valence-electron chi connectivity index (χ0n) is 17.7. The fourth-order valence-electron chi connectivity index (χ4n) is 3.14. The molecule has 0 aliphatic rings. The summed E-state index contributed by atoms with van der Waals surface area (Å²) in [7, 11) is -1.67. The first-order valence-corrected chi connectivity index (χ1v) is 11.4. The largest absolute Gasteiger partial charge is 0.325 e. The van der Waals surface area contributed by atoms with Gasteiger partial charge in [0.05, 0.1) is 11.4 Å². The van der Waals surface area contributed by atoms with E-state index in [1.165, 1.54) is 15.9 Å². The third kappa shape index (κ3) is 6.39. The van der Waals surface area contributed by atoms with Gasteiger partial charge in [0, 0.05) is 25.3 Å². The van der Waals surface area contributed by atoms with Crippen LogP contribution < -0.4 is 5.32 Å². The highest BCUT2D eigenvalue weighted by Gasteiger charge is 2.21. The van der Waals surface area contributed by atoms with E-state index >= 15 is 0 Å². The summed E-state index contributed by atoms with van der Waals surface area (Å²) in [5, 5.41) is 2.80. The Hall–Kier alpha value is -2.22. The van der Waals surface area contributed by atoms with Crippen molar-refractivity contribution >= 4 is 21.6 Å². The lowest BCUT2D eigenvalue weighted by Gasteiger charge is -2.19. The molecule has 1 amide bonds. The number of aryl methyl sites for hydroxylation is 1. The smallest absolute Gasteiger partial charge is 0.243 e. The molecule has 0 saturated carbocycles. The van der Waals surface area contributed by atoms with Crippen molar-refractivity contribution < 1.29 is 13.2 Å². The predicted molar refractivity (Wildman–Crippen MR) is 117 cm³/mol. The predicted octanol–water partition coefficient (Wildman–Crippen LogP) is 3.35. The molecule has 2 aromatic rings. The van der Waals surface area contributed by atoms with Gasteiger partial charge in [-0.05, 0) is 42.8 Å². The van der Waals surface area contributed by atoms with E-state index in [9.17, 15) is 13.2 Å². The molecule has 2 aromatic carbocycles. The fourth-order valence-corrected chi connectivity index (χ4v) is 4.64. The lowest BCUT2D eigenvalue weighted by atomic mass is 10.1. The maximum Gasteiger partial charge on any atom is 0.243 e. The zero-order valence-corrected chi connectivity index (χ0v) is 18.5. The highest BCUT2D eigenvalue weighted by molar-refractivity contribution is 7.89. The van der Waals surface area contributed by atoms with Gasteiger partial charge in [-0.2, -0.15) is 4.31 Å². The fraction of sp³-hybridized carbons (Fsp3) is 0.409. The van der Waals surface area contributed by atoms with Crippen molar-refractivity contribution in [2.24, 2.45) is 0 Å². The molecule has 0 heterocycles. The van der Waals surface area contributed by atoms with Crippen LogP contribution in [-0.2, 0) is 27.8 Å². The molecule has 158 valence electrons. The number of benzene rings is 2. The Morgan fingerprint density at radius 1 is 0.966 bits per heavy atom. The average Bonchev–Trinajstić information content (AvgIpc) is 2.69. The van der Waals surface area contributed by atoms with E-state index in [4.69, 9.17) is 0 Å². The Morgan fingerprint density at radius 3 is 2.17 bits per heavy atom. The van der Waals surface area contributed by atoms with Gasteiger partial charge in [-0.1, -0.05) is 51.1 Å². The number of sulfonamides is 1. The van der Waals surface area contributed by atoms with E-state index in [1.54, 1.807) is 32.0 Å². The summed E-state index contributed by atoms with van der Waals surface area (Å²) >= 11 is 0. The molecular weight excluding hydrogens is 386 g/mol. The van der Waals surface area contributed by atoms with E-state index < -0.39 is 10.0 Å². The lowest BCUT2D eigenvalue weighted by Crippen LogP contribution is -2.31. The Labute approximate surface area is 174 Å². The number of anilines is 1. The van der Waals surface area contributed by atoms with E-state index in [1.807, 2.05) is 11.9 Å². The third-order valence-electron chi connectivity index (χ3n) is 4.76. The SMILES string of the molecule is CCc1ccc(CN(C)CC(=O)Nc2cccc(S(=O)(=O)N(CC)CC)c2)cc1. The number of hydrogen-bond acceptors (Lipinski definition) is 4. The highest BCUT2D eigenvalue weighted by Crippen LogP contribution is 2.19. The Balaban J connectivity index is 1.99. The van der Waals surface area contributed by atoms with Crippen LogP contribution in [0.2, 0.25) is 0 Å².